The molecule has 0 spiro atoms. The van der Waals surface area contributed by atoms with E-state index in [0.29, 0.717) is 11.1 Å². The first-order chi connectivity index (χ1) is 8.13. The third-order valence-electron chi connectivity index (χ3n) is 2.55. The second-order valence-corrected chi connectivity index (χ2v) is 4.21. The minimum atomic E-state index is -0.733. The summed E-state index contributed by atoms with van der Waals surface area (Å²) in [5, 5.41) is 0.737. The Morgan fingerprint density at radius 1 is 1.00 bits per heavy atom. The van der Waals surface area contributed by atoms with Gasteiger partial charge in [0.2, 0.25) is 0 Å². The number of alkyl halides is 1. The quantitative estimate of drug-likeness (QED) is 0.655. The zero-order chi connectivity index (χ0) is 12.4. The third kappa shape index (κ3) is 2.31. The van der Waals surface area contributed by atoms with E-state index in [9.17, 15) is 8.78 Å². The molecule has 88 valence electrons. The fraction of sp³-hybridized carbons (Fsp3) is 0.0769. The first kappa shape index (κ1) is 12.0. The molecule has 0 atom stereocenters. The van der Waals surface area contributed by atoms with Crippen LogP contribution >= 0.6 is 15.9 Å². The number of nitrogens with two attached hydrogens (primary N) is 1. The minimum Gasteiger partial charge on any atom is -0.394 e. The van der Waals surface area contributed by atoms with Crippen LogP contribution in [0.5, 0.6) is 0 Å². The maximum Gasteiger partial charge on any atom is 0.156 e. The lowest BCUT2D eigenvalue weighted by molar-refractivity contribution is 0.594. The Morgan fingerprint density at radius 3 is 2.24 bits per heavy atom. The van der Waals surface area contributed by atoms with Crippen molar-refractivity contribution in [1.82, 2.24) is 0 Å². The van der Waals surface area contributed by atoms with Crippen molar-refractivity contribution in [3.05, 3.63) is 53.6 Å². The maximum absolute atomic E-state index is 13.8. The zero-order valence-corrected chi connectivity index (χ0v) is 10.5. The van der Waals surface area contributed by atoms with Gasteiger partial charge in [0.1, 0.15) is 11.5 Å². The van der Waals surface area contributed by atoms with Gasteiger partial charge in [-0.2, -0.15) is 0 Å². The molecule has 2 N–H and O–H groups in total. The largest absolute Gasteiger partial charge is 0.394 e. The second-order valence-electron chi connectivity index (χ2n) is 3.65. The molecule has 0 aliphatic heterocycles. The van der Waals surface area contributed by atoms with E-state index in [1.54, 1.807) is 12.1 Å². The molecule has 0 bridgehead atoms. The van der Waals surface area contributed by atoms with Crippen molar-refractivity contribution in [2.75, 3.05) is 5.73 Å². The number of benzene rings is 2. The van der Waals surface area contributed by atoms with Gasteiger partial charge in [-0.1, -0.05) is 40.2 Å². The highest BCUT2D eigenvalue weighted by molar-refractivity contribution is 9.08. The summed E-state index contributed by atoms with van der Waals surface area (Å²) in [6.45, 7) is 0. The number of hydrogen-bond donors (Lipinski definition) is 1. The van der Waals surface area contributed by atoms with Crippen molar-refractivity contribution in [2.24, 2.45) is 0 Å². The Bertz CT molecular complexity index is 538. The summed E-state index contributed by atoms with van der Waals surface area (Å²) in [5.41, 5.74) is 6.96. The monoisotopic (exact) mass is 297 g/mol. The van der Waals surface area contributed by atoms with Gasteiger partial charge in [-0.05, 0) is 23.3 Å². The molecule has 0 saturated carbocycles. The zero-order valence-electron chi connectivity index (χ0n) is 8.88. The molecular weight excluding hydrogens is 288 g/mol. The highest BCUT2D eigenvalue weighted by Gasteiger charge is 2.11. The standard InChI is InChI=1S/C13H10BrF2N/c14-7-8-1-3-9(4-2-8)10-5-6-11(15)13(17)12(10)16/h1-6H,7,17H2. The van der Waals surface area contributed by atoms with Crippen molar-refractivity contribution in [2.45, 2.75) is 5.33 Å². The van der Waals surface area contributed by atoms with Crippen molar-refractivity contribution >= 4 is 21.6 Å². The average molecular weight is 298 g/mol. The number of anilines is 1. The molecule has 4 heteroatoms. The third-order valence-corrected chi connectivity index (χ3v) is 3.19. The van der Waals surface area contributed by atoms with Crippen molar-refractivity contribution in [3.8, 4) is 11.1 Å². The number of nitrogen functional groups attached to an aromatic ring is 1. The van der Waals surface area contributed by atoms with Gasteiger partial charge in [-0.25, -0.2) is 8.78 Å². The Labute approximate surface area is 106 Å². The molecule has 0 heterocycles. The molecular formula is C13H10BrF2N. The van der Waals surface area contributed by atoms with Gasteiger partial charge >= 0.3 is 0 Å². The van der Waals surface area contributed by atoms with E-state index in [2.05, 4.69) is 15.9 Å². The molecule has 0 aromatic heterocycles. The molecule has 0 saturated heterocycles. The van der Waals surface area contributed by atoms with Gasteiger partial charge in [0.25, 0.3) is 0 Å². The predicted octanol–water partition coefficient (Wildman–Crippen LogP) is 4.11. The van der Waals surface area contributed by atoms with E-state index in [1.807, 2.05) is 12.1 Å². The van der Waals surface area contributed by atoms with E-state index in [4.69, 9.17) is 5.73 Å². The van der Waals surface area contributed by atoms with Crippen LogP contribution in [0.15, 0.2) is 36.4 Å². The molecule has 0 aliphatic carbocycles. The van der Waals surface area contributed by atoms with Crippen LogP contribution in [0.4, 0.5) is 14.5 Å². The summed E-state index contributed by atoms with van der Waals surface area (Å²) in [7, 11) is 0. The SMILES string of the molecule is Nc1c(F)ccc(-c2ccc(CBr)cc2)c1F. The van der Waals surface area contributed by atoms with Crippen LogP contribution in [0, 0.1) is 11.6 Å². The van der Waals surface area contributed by atoms with Crippen LogP contribution < -0.4 is 5.73 Å². The predicted molar refractivity (Wildman–Crippen MR) is 68.8 cm³/mol. The molecule has 0 unspecified atom stereocenters. The van der Waals surface area contributed by atoms with Gasteiger partial charge < -0.3 is 5.73 Å². The van der Waals surface area contributed by atoms with Crippen molar-refractivity contribution in [1.29, 1.82) is 0 Å². The molecule has 0 fully saturated rings. The second kappa shape index (κ2) is 4.84. The smallest absolute Gasteiger partial charge is 0.156 e. The van der Waals surface area contributed by atoms with Gasteiger partial charge in [-0.15, -0.1) is 0 Å². The summed E-state index contributed by atoms with van der Waals surface area (Å²) in [6, 6.07) is 9.89. The summed E-state index contributed by atoms with van der Waals surface area (Å²) in [6.07, 6.45) is 0. The van der Waals surface area contributed by atoms with E-state index in [1.165, 1.54) is 12.1 Å². The fourth-order valence-electron chi connectivity index (χ4n) is 1.57. The topological polar surface area (TPSA) is 26.0 Å². The van der Waals surface area contributed by atoms with E-state index < -0.39 is 17.3 Å². The van der Waals surface area contributed by atoms with Crippen LogP contribution in [-0.2, 0) is 5.33 Å². The van der Waals surface area contributed by atoms with Gasteiger partial charge in [0.15, 0.2) is 5.82 Å². The lowest BCUT2D eigenvalue weighted by Gasteiger charge is -2.07. The Hall–Kier alpha value is -1.42. The molecule has 1 nitrogen and oxygen atoms in total. The van der Waals surface area contributed by atoms with Crippen LogP contribution in [0.3, 0.4) is 0 Å². The lowest BCUT2D eigenvalue weighted by atomic mass is 10.0. The number of rotatable bonds is 2. The van der Waals surface area contributed by atoms with E-state index >= 15 is 0 Å². The van der Waals surface area contributed by atoms with Gasteiger partial charge in [-0.3, -0.25) is 0 Å². The Morgan fingerprint density at radius 2 is 1.65 bits per heavy atom. The van der Waals surface area contributed by atoms with Crippen LogP contribution in [-0.4, -0.2) is 0 Å². The highest BCUT2D eigenvalue weighted by Crippen LogP contribution is 2.28. The average Bonchev–Trinajstić information content (AvgIpc) is 2.36. The first-order valence-corrected chi connectivity index (χ1v) is 6.14. The summed E-state index contributed by atoms with van der Waals surface area (Å²) >= 11 is 3.33. The lowest BCUT2D eigenvalue weighted by Crippen LogP contribution is -1.97. The minimum absolute atomic E-state index is 0.310. The van der Waals surface area contributed by atoms with E-state index in [-0.39, 0.29) is 0 Å². The van der Waals surface area contributed by atoms with Crippen LogP contribution in [0.1, 0.15) is 5.56 Å². The summed E-state index contributed by atoms with van der Waals surface area (Å²) in [5.74, 6) is -1.44. The molecule has 0 radical (unpaired) electrons. The molecule has 17 heavy (non-hydrogen) atoms. The molecule has 0 aliphatic rings. The number of halogens is 3. The maximum atomic E-state index is 13.8. The number of hydrogen-bond acceptors (Lipinski definition) is 1. The van der Waals surface area contributed by atoms with Crippen molar-refractivity contribution in [3.63, 3.8) is 0 Å². The molecule has 2 aromatic rings. The highest BCUT2D eigenvalue weighted by atomic mass is 79.9. The summed E-state index contributed by atoms with van der Waals surface area (Å²) < 4.78 is 26.8. The van der Waals surface area contributed by atoms with Crippen LogP contribution in [0.25, 0.3) is 11.1 Å². The van der Waals surface area contributed by atoms with E-state index in [0.717, 1.165) is 10.9 Å². The molecule has 2 aromatic carbocycles. The summed E-state index contributed by atoms with van der Waals surface area (Å²) in [4.78, 5) is 0. The van der Waals surface area contributed by atoms with Crippen LogP contribution in [0.2, 0.25) is 0 Å². The fourth-order valence-corrected chi connectivity index (χ4v) is 1.94. The Kier molecular flexibility index (Phi) is 3.43. The first-order valence-electron chi connectivity index (χ1n) is 5.02. The van der Waals surface area contributed by atoms with Gasteiger partial charge in [0.05, 0.1) is 0 Å². The Balaban J connectivity index is 2.49. The normalized spacial score (nSPS) is 10.5. The molecule has 2 rings (SSSR count). The van der Waals surface area contributed by atoms with Gasteiger partial charge in [0, 0.05) is 10.9 Å². The molecule has 0 amide bonds. The van der Waals surface area contributed by atoms with Crippen molar-refractivity contribution < 1.29 is 8.78 Å².